The molecule has 0 bridgehead atoms. The maximum atomic E-state index is 14.1. The number of nitrogens with one attached hydrogen (secondary N) is 1. The minimum Gasteiger partial charge on any atom is -0.326 e. The molecule has 124 valence electrons. The molecule has 2 aromatic rings. The van der Waals surface area contributed by atoms with Gasteiger partial charge in [0.2, 0.25) is 0 Å². The molecular formula is C17H12F4N2S. The zero-order chi connectivity index (χ0) is 17.3. The molecule has 0 unspecified atom stereocenters. The highest BCUT2D eigenvalue weighted by Crippen LogP contribution is 2.39. The predicted octanol–water partition coefficient (Wildman–Crippen LogP) is 5.19. The van der Waals surface area contributed by atoms with Crippen LogP contribution in [0.1, 0.15) is 24.0 Å². The Kier molecular flexibility index (Phi) is 4.67. The average Bonchev–Trinajstić information content (AvgIpc) is 3.41. The monoisotopic (exact) mass is 352 g/mol. The Morgan fingerprint density at radius 3 is 2.46 bits per heavy atom. The van der Waals surface area contributed by atoms with Crippen molar-refractivity contribution in [3.05, 3.63) is 58.7 Å². The van der Waals surface area contributed by atoms with Crippen LogP contribution in [0.3, 0.4) is 0 Å². The largest absolute Gasteiger partial charge is 0.326 e. The van der Waals surface area contributed by atoms with Crippen molar-refractivity contribution in [2.75, 3.05) is 4.72 Å². The van der Waals surface area contributed by atoms with Gasteiger partial charge in [-0.05, 0) is 55.3 Å². The first-order chi connectivity index (χ1) is 11.5. The molecule has 0 atom stereocenters. The van der Waals surface area contributed by atoms with Crippen LogP contribution >= 0.6 is 11.9 Å². The Bertz CT molecular complexity index is 828. The normalized spacial score (nSPS) is 13.6. The molecule has 0 saturated heterocycles. The van der Waals surface area contributed by atoms with Crippen molar-refractivity contribution in [2.45, 2.75) is 24.2 Å². The number of nitrogens with zero attached hydrogens (tertiary/aromatic N) is 1. The molecule has 1 N–H and O–H groups in total. The molecule has 0 radical (unpaired) electrons. The third-order valence-electron chi connectivity index (χ3n) is 3.77. The van der Waals surface area contributed by atoms with Gasteiger partial charge in [-0.15, -0.1) is 0 Å². The lowest BCUT2D eigenvalue weighted by molar-refractivity contribution is 0.390. The fourth-order valence-electron chi connectivity index (χ4n) is 2.32. The topological polar surface area (TPSA) is 35.8 Å². The van der Waals surface area contributed by atoms with Gasteiger partial charge in [0.05, 0.1) is 16.5 Å². The van der Waals surface area contributed by atoms with E-state index >= 15 is 0 Å². The van der Waals surface area contributed by atoms with E-state index in [0.717, 1.165) is 12.8 Å². The summed E-state index contributed by atoms with van der Waals surface area (Å²) < 4.78 is 58.0. The minimum absolute atomic E-state index is 0.150. The molecule has 1 saturated carbocycles. The highest BCUT2D eigenvalue weighted by Gasteiger charge is 2.30. The molecule has 7 heteroatoms. The third-order valence-corrected chi connectivity index (χ3v) is 4.74. The van der Waals surface area contributed by atoms with Crippen LogP contribution < -0.4 is 4.72 Å². The predicted molar refractivity (Wildman–Crippen MR) is 83.3 cm³/mol. The fourth-order valence-corrected chi connectivity index (χ4v) is 3.14. The number of rotatable bonds is 5. The Balaban J connectivity index is 1.92. The van der Waals surface area contributed by atoms with Crippen molar-refractivity contribution >= 4 is 17.6 Å². The molecular weight excluding hydrogens is 340 g/mol. The van der Waals surface area contributed by atoms with Gasteiger partial charge in [0.25, 0.3) is 0 Å². The molecule has 1 aliphatic rings. The summed E-state index contributed by atoms with van der Waals surface area (Å²) in [5, 5.41) is 8.86. The number of anilines is 1. The Morgan fingerprint density at radius 1 is 1.08 bits per heavy atom. The maximum absolute atomic E-state index is 14.1. The Hall–Kier alpha value is -2.20. The van der Waals surface area contributed by atoms with Crippen LogP contribution in [0, 0.1) is 40.5 Å². The van der Waals surface area contributed by atoms with Crippen molar-refractivity contribution in [3.63, 3.8) is 0 Å². The van der Waals surface area contributed by atoms with E-state index < -0.39 is 23.3 Å². The quantitative estimate of drug-likeness (QED) is 0.348. The minimum atomic E-state index is -1.82. The SMILES string of the molecule is N#Cc1cccc(NSc2c(F)c(F)c(F)c(F)c2CC2CC2)c1. The van der Waals surface area contributed by atoms with Crippen LogP contribution in [0.4, 0.5) is 23.2 Å². The molecule has 24 heavy (non-hydrogen) atoms. The second-order valence-corrected chi connectivity index (χ2v) is 6.42. The first kappa shape index (κ1) is 16.7. The van der Waals surface area contributed by atoms with Crippen molar-refractivity contribution in [3.8, 4) is 6.07 Å². The standard InChI is InChI=1S/C17H12F4N2S/c18-13-12(7-9-4-5-9)17(16(21)15(20)14(13)19)24-23-11-3-1-2-10(6-11)8-22/h1-3,6,9,23H,4-5,7H2. The van der Waals surface area contributed by atoms with E-state index in [1.54, 1.807) is 18.2 Å². The van der Waals surface area contributed by atoms with Crippen molar-refractivity contribution < 1.29 is 17.6 Å². The molecule has 0 aliphatic heterocycles. The van der Waals surface area contributed by atoms with Gasteiger partial charge < -0.3 is 4.72 Å². The van der Waals surface area contributed by atoms with Crippen LogP contribution in [0.25, 0.3) is 0 Å². The van der Waals surface area contributed by atoms with E-state index in [4.69, 9.17) is 5.26 Å². The summed E-state index contributed by atoms with van der Waals surface area (Å²) in [7, 11) is 0. The second kappa shape index (κ2) is 6.73. The molecule has 0 aromatic heterocycles. The molecule has 0 amide bonds. The lowest BCUT2D eigenvalue weighted by atomic mass is 10.1. The lowest BCUT2D eigenvalue weighted by Crippen LogP contribution is -2.07. The number of hydrogen-bond donors (Lipinski definition) is 1. The van der Waals surface area contributed by atoms with E-state index in [1.165, 1.54) is 6.07 Å². The van der Waals surface area contributed by atoms with Gasteiger partial charge in [-0.3, -0.25) is 0 Å². The molecule has 2 nitrogen and oxygen atoms in total. The molecule has 0 spiro atoms. The summed E-state index contributed by atoms with van der Waals surface area (Å²) in [5.74, 6) is -6.17. The van der Waals surface area contributed by atoms with Gasteiger partial charge in [0.15, 0.2) is 23.3 Å². The van der Waals surface area contributed by atoms with Gasteiger partial charge >= 0.3 is 0 Å². The van der Waals surface area contributed by atoms with Gasteiger partial charge in [-0.1, -0.05) is 6.07 Å². The van der Waals surface area contributed by atoms with Crippen LogP contribution in [0.5, 0.6) is 0 Å². The highest BCUT2D eigenvalue weighted by molar-refractivity contribution is 8.00. The summed E-state index contributed by atoms with van der Waals surface area (Å²) in [6.45, 7) is 0. The van der Waals surface area contributed by atoms with Gasteiger partial charge in [-0.2, -0.15) is 5.26 Å². The van der Waals surface area contributed by atoms with E-state index in [-0.39, 0.29) is 22.8 Å². The second-order valence-electron chi connectivity index (χ2n) is 5.61. The van der Waals surface area contributed by atoms with Crippen LogP contribution in [-0.2, 0) is 6.42 Å². The first-order valence-electron chi connectivity index (χ1n) is 7.29. The number of halogens is 4. The first-order valence-corrected chi connectivity index (χ1v) is 8.10. The summed E-state index contributed by atoms with van der Waals surface area (Å²) in [6, 6.07) is 8.31. The molecule has 3 rings (SSSR count). The summed E-state index contributed by atoms with van der Waals surface area (Å²) in [5.41, 5.74) is 0.708. The van der Waals surface area contributed by atoms with Gasteiger partial charge in [0, 0.05) is 11.3 Å². The van der Waals surface area contributed by atoms with Crippen LogP contribution in [-0.4, -0.2) is 0 Å². The van der Waals surface area contributed by atoms with Crippen LogP contribution in [0.2, 0.25) is 0 Å². The molecule has 0 heterocycles. The van der Waals surface area contributed by atoms with E-state index in [2.05, 4.69) is 4.72 Å². The van der Waals surface area contributed by atoms with Crippen molar-refractivity contribution in [1.82, 2.24) is 0 Å². The third kappa shape index (κ3) is 3.34. The Morgan fingerprint density at radius 2 is 1.79 bits per heavy atom. The van der Waals surface area contributed by atoms with Gasteiger partial charge in [0.1, 0.15) is 0 Å². The zero-order valence-electron chi connectivity index (χ0n) is 12.4. The van der Waals surface area contributed by atoms with Crippen molar-refractivity contribution in [2.24, 2.45) is 5.92 Å². The number of nitriles is 1. The lowest BCUT2D eigenvalue weighted by Gasteiger charge is -2.14. The van der Waals surface area contributed by atoms with E-state index in [0.29, 0.717) is 23.2 Å². The summed E-state index contributed by atoms with van der Waals surface area (Å²) in [6.07, 6.45) is 1.89. The van der Waals surface area contributed by atoms with E-state index in [9.17, 15) is 17.6 Å². The fraction of sp³-hybridized carbons (Fsp3) is 0.235. The molecule has 1 fully saturated rings. The van der Waals surface area contributed by atoms with Gasteiger partial charge in [-0.25, -0.2) is 17.6 Å². The van der Waals surface area contributed by atoms with Crippen molar-refractivity contribution in [1.29, 1.82) is 5.26 Å². The molecule has 1 aliphatic carbocycles. The number of hydrogen-bond acceptors (Lipinski definition) is 3. The summed E-state index contributed by atoms with van der Waals surface area (Å²) in [4.78, 5) is -0.291. The highest BCUT2D eigenvalue weighted by atomic mass is 32.2. The summed E-state index contributed by atoms with van der Waals surface area (Å²) >= 11 is 0.672. The van der Waals surface area contributed by atoms with E-state index in [1.807, 2.05) is 6.07 Å². The van der Waals surface area contributed by atoms with Crippen LogP contribution in [0.15, 0.2) is 29.2 Å². The zero-order valence-corrected chi connectivity index (χ0v) is 13.2. The average molecular weight is 352 g/mol. The smallest absolute Gasteiger partial charge is 0.198 e. The maximum Gasteiger partial charge on any atom is 0.198 e. The Labute approximate surface area is 140 Å². The number of benzene rings is 2. The molecule has 2 aromatic carbocycles.